The van der Waals surface area contributed by atoms with Crippen molar-refractivity contribution in [2.45, 2.75) is 6.92 Å². The van der Waals surface area contributed by atoms with Crippen LogP contribution >= 0.6 is 0 Å². The SMILES string of the molecule is Cc1cc(F)ccc1N=NCC=N. The molecule has 0 spiro atoms. The molecule has 0 aliphatic heterocycles. The average Bonchev–Trinajstić information content (AvgIpc) is 2.09. The Labute approximate surface area is 75.8 Å². The Hall–Kier alpha value is -1.58. The number of hydrogen-bond donors (Lipinski definition) is 1. The van der Waals surface area contributed by atoms with Crippen LogP contribution in [0.25, 0.3) is 0 Å². The van der Waals surface area contributed by atoms with E-state index in [0.717, 1.165) is 11.8 Å². The van der Waals surface area contributed by atoms with Crippen LogP contribution in [0.2, 0.25) is 0 Å². The summed E-state index contributed by atoms with van der Waals surface area (Å²) in [6.45, 7) is 2.03. The monoisotopic (exact) mass is 179 g/mol. The lowest BCUT2D eigenvalue weighted by molar-refractivity contribution is 0.626. The number of aryl methyl sites for hydroxylation is 1. The van der Waals surface area contributed by atoms with E-state index in [0.29, 0.717) is 5.69 Å². The maximum atomic E-state index is 12.6. The number of nitrogens with one attached hydrogen (secondary N) is 1. The van der Waals surface area contributed by atoms with Crippen molar-refractivity contribution < 1.29 is 4.39 Å². The zero-order valence-electron chi connectivity index (χ0n) is 7.29. The first-order valence-corrected chi connectivity index (χ1v) is 3.86. The van der Waals surface area contributed by atoms with E-state index in [-0.39, 0.29) is 12.4 Å². The Bertz CT molecular complexity index is 334. The molecule has 0 aliphatic carbocycles. The Balaban J connectivity index is 2.83. The number of halogens is 1. The van der Waals surface area contributed by atoms with Crippen molar-refractivity contribution >= 4 is 11.9 Å². The van der Waals surface area contributed by atoms with Gasteiger partial charge in [-0.2, -0.15) is 10.2 Å². The Morgan fingerprint density at radius 3 is 2.92 bits per heavy atom. The molecule has 13 heavy (non-hydrogen) atoms. The molecule has 0 amide bonds. The van der Waals surface area contributed by atoms with Crippen LogP contribution in [0.3, 0.4) is 0 Å². The van der Waals surface area contributed by atoms with Crippen LogP contribution in [0.15, 0.2) is 28.4 Å². The van der Waals surface area contributed by atoms with E-state index in [1.54, 1.807) is 13.0 Å². The highest BCUT2D eigenvalue weighted by Gasteiger charge is 1.97. The van der Waals surface area contributed by atoms with Gasteiger partial charge in [0.1, 0.15) is 5.82 Å². The second kappa shape index (κ2) is 4.45. The third kappa shape index (κ3) is 2.74. The topological polar surface area (TPSA) is 48.6 Å². The van der Waals surface area contributed by atoms with Gasteiger partial charge in [-0.25, -0.2) is 4.39 Å². The van der Waals surface area contributed by atoms with Gasteiger partial charge in [-0.05, 0) is 30.7 Å². The highest BCUT2D eigenvalue weighted by molar-refractivity contribution is 5.55. The van der Waals surface area contributed by atoms with E-state index in [2.05, 4.69) is 10.2 Å². The number of hydrogen-bond acceptors (Lipinski definition) is 3. The molecule has 1 aromatic carbocycles. The third-order valence-electron chi connectivity index (χ3n) is 1.51. The molecule has 3 nitrogen and oxygen atoms in total. The third-order valence-corrected chi connectivity index (χ3v) is 1.51. The fourth-order valence-electron chi connectivity index (χ4n) is 0.889. The van der Waals surface area contributed by atoms with E-state index >= 15 is 0 Å². The lowest BCUT2D eigenvalue weighted by Crippen LogP contribution is -1.79. The lowest BCUT2D eigenvalue weighted by atomic mass is 10.2. The number of azo groups is 1. The molecule has 0 saturated heterocycles. The summed E-state index contributed by atoms with van der Waals surface area (Å²) < 4.78 is 12.6. The second-order valence-corrected chi connectivity index (χ2v) is 2.56. The van der Waals surface area contributed by atoms with Crippen molar-refractivity contribution in [2.24, 2.45) is 10.2 Å². The maximum absolute atomic E-state index is 12.6. The molecule has 0 bridgehead atoms. The summed E-state index contributed by atoms with van der Waals surface area (Å²) in [6, 6.07) is 4.31. The molecule has 0 fully saturated rings. The van der Waals surface area contributed by atoms with Crippen LogP contribution in [0.4, 0.5) is 10.1 Å². The molecular formula is C9H10FN3. The molecule has 1 rings (SSSR count). The van der Waals surface area contributed by atoms with Crippen LogP contribution in [-0.2, 0) is 0 Å². The molecule has 4 heteroatoms. The summed E-state index contributed by atoms with van der Waals surface area (Å²) in [7, 11) is 0. The minimum absolute atomic E-state index is 0.261. The molecule has 1 N–H and O–H groups in total. The van der Waals surface area contributed by atoms with Gasteiger partial charge < -0.3 is 5.41 Å². The van der Waals surface area contributed by atoms with Crippen molar-refractivity contribution in [1.82, 2.24) is 0 Å². The Kier molecular flexibility index (Phi) is 3.25. The van der Waals surface area contributed by atoms with Crippen molar-refractivity contribution in [3.05, 3.63) is 29.6 Å². The first-order valence-electron chi connectivity index (χ1n) is 3.86. The quantitative estimate of drug-likeness (QED) is 0.548. The van der Waals surface area contributed by atoms with Gasteiger partial charge in [-0.3, -0.25) is 0 Å². The molecule has 1 aromatic rings. The fourth-order valence-corrected chi connectivity index (χ4v) is 0.889. The van der Waals surface area contributed by atoms with Crippen LogP contribution in [0, 0.1) is 18.2 Å². The molecular weight excluding hydrogens is 169 g/mol. The van der Waals surface area contributed by atoms with Gasteiger partial charge in [0.05, 0.1) is 12.2 Å². The minimum Gasteiger partial charge on any atom is -0.311 e. The van der Waals surface area contributed by atoms with Crippen LogP contribution in [-0.4, -0.2) is 12.8 Å². The van der Waals surface area contributed by atoms with Crippen molar-refractivity contribution in [1.29, 1.82) is 5.41 Å². The van der Waals surface area contributed by atoms with Gasteiger partial charge >= 0.3 is 0 Å². The smallest absolute Gasteiger partial charge is 0.123 e. The molecule has 0 saturated carbocycles. The molecule has 0 radical (unpaired) electrons. The number of nitrogens with zero attached hydrogens (tertiary/aromatic N) is 2. The normalized spacial score (nSPS) is 10.6. The molecule has 0 unspecified atom stereocenters. The van der Waals surface area contributed by atoms with E-state index in [9.17, 15) is 4.39 Å². The highest BCUT2D eigenvalue weighted by atomic mass is 19.1. The summed E-state index contributed by atoms with van der Waals surface area (Å²) in [5.74, 6) is -0.275. The van der Waals surface area contributed by atoms with Gasteiger partial charge in [0, 0.05) is 6.21 Å². The summed E-state index contributed by atoms with van der Waals surface area (Å²) in [6.07, 6.45) is 1.16. The molecule has 0 atom stereocenters. The summed E-state index contributed by atoms with van der Waals surface area (Å²) in [5, 5.41) is 14.3. The number of rotatable bonds is 3. The first-order chi connectivity index (χ1) is 6.24. The average molecular weight is 179 g/mol. The van der Waals surface area contributed by atoms with E-state index in [1.165, 1.54) is 12.1 Å². The zero-order chi connectivity index (χ0) is 9.68. The largest absolute Gasteiger partial charge is 0.311 e. The van der Waals surface area contributed by atoms with Gasteiger partial charge in [0.15, 0.2) is 0 Å². The van der Waals surface area contributed by atoms with Crippen LogP contribution in [0.5, 0.6) is 0 Å². The molecule has 0 aromatic heterocycles. The summed E-state index contributed by atoms with van der Waals surface area (Å²) in [4.78, 5) is 0. The van der Waals surface area contributed by atoms with Crippen molar-refractivity contribution in [2.75, 3.05) is 6.54 Å². The van der Waals surface area contributed by atoms with Crippen LogP contribution in [0.1, 0.15) is 5.56 Å². The lowest BCUT2D eigenvalue weighted by Gasteiger charge is -1.97. The predicted octanol–water partition coefficient (Wildman–Crippen LogP) is 2.87. The Morgan fingerprint density at radius 2 is 2.31 bits per heavy atom. The van der Waals surface area contributed by atoms with E-state index < -0.39 is 0 Å². The van der Waals surface area contributed by atoms with Crippen molar-refractivity contribution in [3.63, 3.8) is 0 Å². The predicted molar refractivity (Wildman–Crippen MR) is 49.3 cm³/mol. The Morgan fingerprint density at radius 1 is 1.54 bits per heavy atom. The zero-order valence-corrected chi connectivity index (χ0v) is 7.29. The van der Waals surface area contributed by atoms with Crippen LogP contribution < -0.4 is 0 Å². The fraction of sp³-hybridized carbons (Fsp3) is 0.222. The van der Waals surface area contributed by atoms with Crippen molar-refractivity contribution in [3.8, 4) is 0 Å². The minimum atomic E-state index is -0.275. The first kappa shape index (κ1) is 9.51. The summed E-state index contributed by atoms with van der Waals surface area (Å²) in [5.41, 5.74) is 1.39. The van der Waals surface area contributed by atoms with Gasteiger partial charge in [-0.15, -0.1) is 0 Å². The van der Waals surface area contributed by atoms with E-state index in [4.69, 9.17) is 5.41 Å². The molecule has 0 aliphatic rings. The van der Waals surface area contributed by atoms with E-state index in [1.807, 2.05) is 0 Å². The summed E-state index contributed by atoms with van der Waals surface area (Å²) >= 11 is 0. The van der Waals surface area contributed by atoms with Gasteiger partial charge in [0.25, 0.3) is 0 Å². The standard InChI is InChI=1S/C9H10FN3/c1-7-6-8(10)2-3-9(7)13-12-5-4-11/h2-4,6,11H,5H2,1H3. The molecule has 0 heterocycles. The second-order valence-electron chi connectivity index (χ2n) is 2.56. The van der Waals surface area contributed by atoms with Gasteiger partial charge in [-0.1, -0.05) is 0 Å². The molecule has 68 valence electrons. The van der Waals surface area contributed by atoms with Gasteiger partial charge in [0.2, 0.25) is 0 Å². The highest BCUT2D eigenvalue weighted by Crippen LogP contribution is 2.18. The maximum Gasteiger partial charge on any atom is 0.123 e. The number of benzene rings is 1.